The second-order valence-electron chi connectivity index (χ2n) is 4.66. The number of imidazole rings is 1. The molecule has 0 aliphatic heterocycles. The Labute approximate surface area is 130 Å². The number of fused-ring (bicyclic) bond motifs is 1. The number of nitrogens with zero attached hydrogens (tertiary/aromatic N) is 3. The van der Waals surface area contributed by atoms with E-state index in [9.17, 15) is 13.2 Å². The summed E-state index contributed by atoms with van der Waals surface area (Å²) in [5, 5.41) is 3.96. The Morgan fingerprint density at radius 1 is 1.30 bits per heavy atom. The predicted octanol–water partition coefficient (Wildman–Crippen LogP) is 0.432. The van der Waals surface area contributed by atoms with E-state index < -0.39 is 10.1 Å². The summed E-state index contributed by atoms with van der Waals surface area (Å²) in [5.41, 5.74) is 0.790. The smallest absolute Gasteiger partial charge is 0.306 e. The van der Waals surface area contributed by atoms with Crippen LogP contribution in [0.15, 0.2) is 35.5 Å². The van der Waals surface area contributed by atoms with E-state index >= 15 is 0 Å². The first-order valence-electron chi connectivity index (χ1n) is 6.38. The molecule has 0 amide bonds. The van der Waals surface area contributed by atoms with Crippen LogP contribution in [0.2, 0.25) is 0 Å². The third-order valence-corrected chi connectivity index (χ3v) is 3.46. The zero-order chi connectivity index (χ0) is 16.6. The van der Waals surface area contributed by atoms with Crippen molar-refractivity contribution in [3.05, 3.63) is 41.1 Å². The maximum absolute atomic E-state index is 11.7. The van der Waals surface area contributed by atoms with Crippen LogP contribution in [0.5, 0.6) is 11.5 Å². The summed E-state index contributed by atoms with van der Waals surface area (Å²) in [4.78, 5) is 18.3. The van der Waals surface area contributed by atoms with Crippen molar-refractivity contribution in [2.24, 2.45) is 0 Å². The van der Waals surface area contributed by atoms with E-state index in [2.05, 4.69) is 15.1 Å². The quantitative estimate of drug-likeness (QED) is 0.687. The Kier molecular flexibility index (Phi) is 3.52. The first kappa shape index (κ1) is 15.0. The van der Waals surface area contributed by atoms with Crippen LogP contribution in [0.4, 0.5) is 0 Å². The summed E-state index contributed by atoms with van der Waals surface area (Å²) in [7, 11) is -2.20. The molecule has 0 atom stereocenters. The van der Waals surface area contributed by atoms with Gasteiger partial charge in [0.05, 0.1) is 25.3 Å². The number of ether oxygens (including phenoxy) is 1. The maximum atomic E-state index is 11.7. The molecule has 0 fully saturated rings. The highest BCUT2D eigenvalue weighted by Gasteiger charge is 2.14. The third kappa shape index (κ3) is 3.01. The summed E-state index contributed by atoms with van der Waals surface area (Å²) in [6, 6.07) is 4.49. The lowest BCUT2D eigenvalue weighted by atomic mass is 10.1. The zero-order valence-electron chi connectivity index (χ0n) is 12.2. The molecule has 0 aliphatic carbocycles. The van der Waals surface area contributed by atoms with Gasteiger partial charge >= 0.3 is 10.1 Å². The summed E-state index contributed by atoms with van der Waals surface area (Å²) < 4.78 is 33.8. The largest absolute Gasteiger partial charge is 0.496 e. The number of hydrogen-bond donors (Lipinski definition) is 1. The zero-order valence-corrected chi connectivity index (χ0v) is 13.0. The van der Waals surface area contributed by atoms with E-state index in [-0.39, 0.29) is 17.0 Å². The lowest BCUT2D eigenvalue weighted by molar-refractivity contribution is 0.413. The molecule has 0 radical (unpaired) electrons. The first-order valence-corrected chi connectivity index (χ1v) is 8.20. The molecule has 3 rings (SSSR count). The van der Waals surface area contributed by atoms with Gasteiger partial charge in [0.25, 0.3) is 5.56 Å². The molecule has 0 bridgehead atoms. The summed E-state index contributed by atoms with van der Waals surface area (Å²) in [5.74, 6) is 0.471. The number of methoxy groups -OCH3 is 1. The molecule has 9 nitrogen and oxygen atoms in total. The van der Waals surface area contributed by atoms with Crippen molar-refractivity contribution in [1.82, 2.24) is 19.6 Å². The monoisotopic (exact) mass is 336 g/mol. The van der Waals surface area contributed by atoms with Crippen molar-refractivity contribution in [3.8, 4) is 22.8 Å². The second-order valence-corrected chi connectivity index (χ2v) is 6.24. The van der Waals surface area contributed by atoms with Crippen molar-refractivity contribution in [1.29, 1.82) is 0 Å². The third-order valence-electron chi connectivity index (χ3n) is 2.97. The fourth-order valence-electron chi connectivity index (χ4n) is 2.07. The molecule has 0 saturated heterocycles. The van der Waals surface area contributed by atoms with Crippen molar-refractivity contribution >= 4 is 15.8 Å². The molecule has 0 unspecified atom stereocenters. The Morgan fingerprint density at radius 3 is 2.74 bits per heavy atom. The van der Waals surface area contributed by atoms with Crippen LogP contribution in [0, 0.1) is 0 Å². The van der Waals surface area contributed by atoms with Crippen molar-refractivity contribution in [2.45, 2.75) is 0 Å². The average molecular weight is 336 g/mol. The Balaban J connectivity index is 2.11. The molecular weight excluding hydrogens is 324 g/mol. The molecular formula is C13H12N4O5S. The van der Waals surface area contributed by atoms with Gasteiger partial charge in [0.1, 0.15) is 17.8 Å². The number of aromatic nitrogens is 4. The van der Waals surface area contributed by atoms with E-state index in [1.165, 1.54) is 30.1 Å². The molecule has 1 N–H and O–H groups in total. The van der Waals surface area contributed by atoms with Crippen LogP contribution in [0.3, 0.4) is 0 Å². The number of benzene rings is 1. The van der Waals surface area contributed by atoms with Crippen LogP contribution in [0.1, 0.15) is 0 Å². The van der Waals surface area contributed by atoms with E-state index in [0.29, 0.717) is 17.0 Å². The molecule has 120 valence electrons. The highest BCUT2D eigenvalue weighted by Crippen LogP contribution is 2.32. The van der Waals surface area contributed by atoms with Crippen LogP contribution in [-0.4, -0.2) is 41.4 Å². The highest BCUT2D eigenvalue weighted by atomic mass is 32.2. The fourth-order valence-corrected chi connectivity index (χ4v) is 2.52. The van der Waals surface area contributed by atoms with Gasteiger partial charge in [0.2, 0.25) is 5.65 Å². The van der Waals surface area contributed by atoms with Crippen molar-refractivity contribution in [3.63, 3.8) is 0 Å². The van der Waals surface area contributed by atoms with Crippen LogP contribution < -0.4 is 14.5 Å². The second kappa shape index (κ2) is 5.39. The van der Waals surface area contributed by atoms with E-state index in [0.717, 1.165) is 6.26 Å². The Bertz CT molecular complexity index is 1040. The number of rotatable bonds is 4. The lowest BCUT2D eigenvalue weighted by Gasteiger charge is -2.09. The number of nitrogens with one attached hydrogen (secondary N) is 1. The number of H-pyrrole nitrogens is 1. The van der Waals surface area contributed by atoms with E-state index in [1.807, 2.05) is 0 Å². The van der Waals surface area contributed by atoms with Gasteiger partial charge in [0, 0.05) is 11.6 Å². The molecule has 23 heavy (non-hydrogen) atoms. The summed E-state index contributed by atoms with van der Waals surface area (Å²) >= 11 is 0. The predicted molar refractivity (Wildman–Crippen MR) is 81.1 cm³/mol. The molecule has 10 heteroatoms. The molecule has 2 aromatic heterocycles. The standard InChI is InChI=1S/C13H12N4O5S/c1-21-11-5-8(22-23(2,19)20)3-4-9(11)10-6-17-12(16-10)13(18)14-7-15-17/h3-7H,1-2H3,(H,14,15,18). The number of hydrogen-bond acceptors (Lipinski definition) is 7. The summed E-state index contributed by atoms with van der Waals surface area (Å²) in [6.45, 7) is 0. The van der Waals surface area contributed by atoms with Crippen LogP contribution in [-0.2, 0) is 10.1 Å². The molecule has 0 saturated carbocycles. The number of aromatic amines is 1. The van der Waals surface area contributed by atoms with E-state index in [1.54, 1.807) is 12.3 Å². The molecule has 1 aromatic carbocycles. The van der Waals surface area contributed by atoms with Gasteiger partial charge in [-0.3, -0.25) is 4.79 Å². The van der Waals surface area contributed by atoms with Crippen molar-refractivity contribution < 1.29 is 17.3 Å². The normalized spacial score (nSPS) is 11.6. The van der Waals surface area contributed by atoms with Crippen LogP contribution >= 0.6 is 0 Å². The Hall–Kier alpha value is -2.88. The maximum Gasteiger partial charge on any atom is 0.306 e. The highest BCUT2D eigenvalue weighted by molar-refractivity contribution is 7.86. The molecule has 0 spiro atoms. The first-order chi connectivity index (χ1) is 10.9. The van der Waals surface area contributed by atoms with Gasteiger partial charge < -0.3 is 13.9 Å². The fraction of sp³-hybridized carbons (Fsp3) is 0.154. The lowest BCUT2D eigenvalue weighted by Crippen LogP contribution is -2.10. The molecule has 0 aliphatic rings. The van der Waals surface area contributed by atoms with Crippen LogP contribution in [0.25, 0.3) is 16.9 Å². The summed E-state index contributed by atoms with van der Waals surface area (Å²) in [6.07, 6.45) is 3.79. The van der Waals surface area contributed by atoms with Gasteiger partial charge in [-0.15, -0.1) is 0 Å². The van der Waals surface area contributed by atoms with Gasteiger partial charge in [-0.25, -0.2) is 9.50 Å². The molecule has 3 aromatic rings. The minimum atomic E-state index is -3.64. The molecule has 2 heterocycles. The topological polar surface area (TPSA) is 116 Å². The SMILES string of the molecule is COc1cc(OS(C)(=O)=O)ccc1-c1cn2nc[nH]c(=O)c2n1. The van der Waals surface area contributed by atoms with Gasteiger partial charge in [-0.2, -0.15) is 13.5 Å². The van der Waals surface area contributed by atoms with Gasteiger partial charge in [-0.05, 0) is 12.1 Å². The van der Waals surface area contributed by atoms with Crippen molar-refractivity contribution in [2.75, 3.05) is 13.4 Å². The minimum absolute atomic E-state index is 0.118. The minimum Gasteiger partial charge on any atom is -0.496 e. The van der Waals surface area contributed by atoms with Gasteiger partial charge in [-0.1, -0.05) is 0 Å². The Morgan fingerprint density at radius 2 is 2.09 bits per heavy atom. The van der Waals surface area contributed by atoms with Gasteiger partial charge in [0.15, 0.2) is 0 Å². The average Bonchev–Trinajstić information content (AvgIpc) is 2.90. The van der Waals surface area contributed by atoms with E-state index in [4.69, 9.17) is 8.92 Å².